The van der Waals surface area contributed by atoms with Gasteiger partial charge in [0.15, 0.2) is 17.5 Å². The number of rotatable bonds is 3. The minimum absolute atomic E-state index is 0.0273. The van der Waals surface area contributed by atoms with Crippen LogP contribution in [0.5, 0.6) is 0 Å². The van der Waals surface area contributed by atoms with Crippen LogP contribution in [0, 0.1) is 11.6 Å². The van der Waals surface area contributed by atoms with Gasteiger partial charge in [-0.1, -0.05) is 13.0 Å². The zero-order valence-electron chi connectivity index (χ0n) is 17.3. The summed E-state index contributed by atoms with van der Waals surface area (Å²) >= 11 is 0. The smallest absolute Gasteiger partial charge is 0.252 e. The summed E-state index contributed by atoms with van der Waals surface area (Å²) in [5.41, 5.74) is 0.0516. The Morgan fingerprint density at radius 1 is 1.19 bits per heavy atom. The largest absolute Gasteiger partial charge is 0.340 e. The second-order valence-electron chi connectivity index (χ2n) is 7.96. The summed E-state index contributed by atoms with van der Waals surface area (Å²) in [6.45, 7) is 2.75. The van der Waals surface area contributed by atoms with E-state index >= 15 is 0 Å². The van der Waals surface area contributed by atoms with E-state index in [1.807, 2.05) is 6.92 Å². The minimum atomic E-state index is -0.973. The summed E-state index contributed by atoms with van der Waals surface area (Å²) < 4.78 is 29.7. The van der Waals surface area contributed by atoms with Crippen molar-refractivity contribution in [3.63, 3.8) is 0 Å². The molecule has 1 saturated heterocycles. The van der Waals surface area contributed by atoms with Gasteiger partial charge in [0.25, 0.3) is 5.91 Å². The number of hydrogen-bond donors (Lipinski definition) is 0. The number of benzene rings is 1. The first kappa shape index (κ1) is 19.6. The molecule has 0 N–H and O–H groups in total. The number of carbonyl (C=O) groups excluding carboxylic acids is 1. The van der Waals surface area contributed by atoms with Crippen LogP contribution in [0.25, 0.3) is 17.3 Å². The molecule has 0 aliphatic carbocycles. The molecule has 0 bridgehead atoms. The maximum absolute atomic E-state index is 14.4. The SMILES string of the molecule is CCC12CCCCN1c1nc(-n3ccnc3-c3cccc(F)c3F)ncc1N(C)C2=O. The molecule has 0 saturated carbocycles. The number of aromatic nitrogens is 4. The Bertz CT molecular complexity index is 1180. The van der Waals surface area contributed by atoms with E-state index in [4.69, 9.17) is 4.98 Å². The standard InChI is InChI=1S/C22H22F2N6O/c1-3-22-9-4-5-11-30(22)19-16(28(2)20(22)31)13-26-21(27-19)29-12-10-25-18(29)14-7-6-8-15(23)17(14)24/h6-8,10,12-13H,3-5,9,11H2,1-2H3. The van der Waals surface area contributed by atoms with Gasteiger partial charge < -0.3 is 9.80 Å². The van der Waals surface area contributed by atoms with E-state index < -0.39 is 17.2 Å². The third-order valence-electron chi connectivity index (χ3n) is 6.43. The Labute approximate surface area is 178 Å². The van der Waals surface area contributed by atoms with Gasteiger partial charge in [0.2, 0.25) is 5.95 Å². The first-order chi connectivity index (χ1) is 15.0. The lowest BCUT2D eigenvalue weighted by molar-refractivity contribution is -0.124. The topological polar surface area (TPSA) is 67.2 Å². The number of imidazole rings is 1. The number of carbonyl (C=O) groups is 1. The molecule has 160 valence electrons. The number of fused-ring (bicyclic) bond motifs is 3. The Hall–Kier alpha value is -3.36. The van der Waals surface area contributed by atoms with Crippen molar-refractivity contribution in [1.29, 1.82) is 0 Å². The van der Waals surface area contributed by atoms with Gasteiger partial charge >= 0.3 is 0 Å². The van der Waals surface area contributed by atoms with Crippen LogP contribution in [0.1, 0.15) is 32.6 Å². The monoisotopic (exact) mass is 424 g/mol. The molecule has 1 aromatic carbocycles. The number of halogens is 2. The fraction of sp³-hybridized carbons (Fsp3) is 0.364. The van der Waals surface area contributed by atoms with E-state index in [1.54, 1.807) is 24.3 Å². The van der Waals surface area contributed by atoms with E-state index in [1.165, 1.54) is 22.9 Å². The highest BCUT2D eigenvalue weighted by Crippen LogP contribution is 2.44. The molecule has 5 rings (SSSR count). The summed E-state index contributed by atoms with van der Waals surface area (Å²) in [6.07, 6.45) is 8.13. The lowest BCUT2D eigenvalue weighted by Crippen LogP contribution is -2.64. The quantitative estimate of drug-likeness (QED) is 0.641. The third-order valence-corrected chi connectivity index (χ3v) is 6.43. The Morgan fingerprint density at radius 2 is 2.03 bits per heavy atom. The predicted molar refractivity (Wildman–Crippen MR) is 112 cm³/mol. The summed E-state index contributed by atoms with van der Waals surface area (Å²) in [4.78, 5) is 30.4. The summed E-state index contributed by atoms with van der Waals surface area (Å²) in [5.74, 6) is -0.693. The van der Waals surface area contributed by atoms with Crippen LogP contribution in [-0.2, 0) is 4.79 Å². The molecule has 3 aromatic rings. The van der Waals surface area contributed by atoms with Crippen molar-refractivity contribution in [3.8, 4) is 17.3 Å². The zero-order valence-corrected chi connectivity index (χ0v) is 17.3. The molecule has 2 aliphatic rings. The molecule has 0 radical (unpaired) electrons. The zero-order chi connectivity index (χ0) is 21.8. The highest BCUT2D eigenvalue weighted by molar-refractivity contribution is 6.07. The van der Waals surface area contributed by atoms with Crippen molar-refractivity contribution in [3.05, 3.63) is 48.4 Å². The van der Waals surface area contributed by atoms with Gasteiger partial charge in [-0.25, -0.2) is 18.7 Å². The molecule has 2 aromatic heterocycles. The predicted octanol–water partition coefficient (Wildman–Crippen LogP) is 3.72. The molecular weight excluding hydrogens is 402 g/mol. The number of nitrogens with zero attached hydrogens (tertiary/aromatic N) is 6. The Balaban J connectivity index is 1.66. The molecule has 9 heteroatoms. The van der Waals surface area contributed by atoms with Crippen molar-refractivity contribution in [2.45, 2.75) is 38.1 Å². The van der Waals surface area contributed by atoms with E-state index in [0.717, 1.165) is 31.9 Å². The van der Waals surface area contributed by atoms with Crippen LogP contribution < -0.4 is 9.80 Å². The highest BCUT2D eigenvalue weighted by atomic mass is 19.2. The van der Waals surface area contributed by atoms with Crippen LogP contribution in [0.15, 0.2) is 36.8 Å². The van der Waals surface area contributed by atoms with E-state index in [-0.39, 0.29) is 23.2 Å². The number of piperidine rings is 1. The van der Waals surface area contributed by atoms with Crippen LogP contribution in [0.2, 0.25) is 0 Å². The third kappa shape index (κ3) is 2.75. The Kier molecular flexibility index (Phi) is 4.49. The number of likely N-dealkylation sites (N-methyl/N-ethyl adjacent to an activating group) is 1. The molecule has 1 fully saturated rings. The minimum Gasteiger partial charge on any atom is -0.340 e. The molecule has 4 heterocycles. The van der Waals surface area contributed by atoms with E-state index in [9.17, 15) is 13.6 Å². The molecule has 1 unspecified atom stereocenters. The first-order valence-electron chi connectivity index (χ1n) is 10.4. The molecule has 2 aliphatic heterocycles. The fourth-order valence-corrected chi connectivity index (χ4v) is 4.76. The van der Waals surface area contributed by atoms with Crippen molar-refractivity contribution >= 4 is 17.4 Å². The van der Waals surface area contributed by atoms with Crippen molar-refractivity contribution in [2.24, 2.45) is 0 Å². The maximum atomic E-state index is 14.4. The van der Waals surface area contributed by atoms with Gasteiger partial charge in [-0.05, 0) is 37.8 Å². The molecule has 1 amide bonds. The molecular formula is C22H22F2N6O. The van der Waals surface area contributed by atoms with E-state index in [2.05, 4.69) is 14.9 Å². The summed E-state index contributed by atoms with van der Waals surface area (Å²) in [5, 5.41) is 0. The van der Waals surface area contributed by atoms with Crippen molar-refractivity contribution < 1.29 is 13.6 Å². The normalized spacial score (nSPS) is 20.6. The van der Waals surface area contributed by atoms with Crippen LogP contribution in [0.3, 0.4) is 0 Å². The molecule has 1 atom stereocenters. The Morgan fingerprint density at radius 3 is 2.84 bits per heavy atom. The van der Waals surface area contributed by atoms with Crippen LogP contribution in [-0.4, -0.2) is 44.6 Å². The number of anilines is 2. The van der Waals surface area contributed by atoms with Gasteiger partial charge in [0.05, 0.1) is 11.8 Å². The maximum Gasteiger partial charge on any atom is 0.252 e. The van der Waals surface area contributed by atoms with Gasteiger partial charge in [0, 0.05) is 26.0 Å². The summed E-state index contributed by atoms with van der Waals surface area (Å²) in [7, 11) is 1.75. The van der Waals surface area contributed by atoms with Crippen LogP contribution >= 0.6 is 0 Å². The van der Waals surface area contributed by atoms with Crippen molar-refractivity contribution in [2.75, 3.05) is 23.4 Å². The number of amides is 1. The van der Waals surface area contributed by atoms with Crippen molar-refractivity contribution in [1.82, 2.24) is 19.5 Å². The lowest BCUT2D eigenvalue weighted by atomic mass is 9.81. The second kappa shape index (κ2) is 7.11. The van der Waals surface area contributed by atoms with Gasteiger partial charge in [-0.2, -0.15) is 4.98 Å². The first-order valence-corrected chi connectivity index (χ1v) is 10.4. The summed E-state index contributed by atoms with van der Waals surface area (Å²) in [6, 6.07) is 3.97. The highest BCUT2D eigenvalue weighted by Gasteiger charge is 2.51. The molecule has 7 nitrogen and oxygen atoms in total. The average Bonchev–Trinajstić information content (AvgIpc) is 3.28. The van der Waals surface area contributed by atoms with Gasteiger partial charge in [0.1, 0.15) is 17.1 Å². The molecule has 0 spiro atoms. The lowest BCUT2D eigenvalue weighted by Gasteiger charge is -2.51. The van der Waals surface area contributed by atoms with Gasteiger partial charge in [-0.3, -0.25) is 9.36 Å². The number of hydrogen-bond acceptors (Lipinski definition) is 5. The molecule has 31 heavy (non-hydrogen) atoms. The second-order valence-corrected chi connectivity index (χ2v) is 7.96. The van der Waals surface area contributed by atoms with Crippen LogP contribution in [0.4, 0.5) is 20.3 Å². The van der Waals surface area contributed by atoms with Gasteiger partial charge in [-0.15, -0.1) is 0 Å². The average molecular weight is 424 g/mol. The van der Waals surface area contributed by atoms with E-state index in [0.29, 0.717) is 17.9 Å². The fourth-order valence-electron chi connectivity index (χ4n) is 4.76.